The van der Waals surface area contributed by atoms with Crippen LogP contribution in [-0.2, 0) is 14.8 Å². The van der Waals surface area contributed by atoms with E-state index < -0.39 is 15.8 Å². The lowest BCUT2D eigenvalue weighted by atomic mass is 10.2. The van der Waals surface area contributed by atoms with Gasteiger partial charge in [-0.3, -0.25) is 9.52 Å². The molecular formula is C17H19FN2O3S. The molecule has 0 radical (unpaired) electrons. The van der Waals surface area contributed by atoms with E-state index in [1.54, 1.807) is 26.0 Å². The van der Waals surface area contributed by atoms with Crippen molar-refractivity contribution >= 4 is 27.3 Å². The van der Waals surface area contributed by atoms with Crippen LogP contribution < -0.4 is 10.0 Å². The van der Waals surface area contributed by atoms with E-state index in [9.17, 15) is 17.6 Å². The molecule has 0 heterocycles. The number of benzene rings is 2. The van der Waals surface area contributed by atoms with E-state index in [1.807, 2.05) is 6.92 Å². The average molecular weight is 350 g/mol. The number of sulfonamides is 1. The molecule has 2 N–H and O–H groups in total. The topological polar surface area (TPSA) is 75.3 Å². The maximum atomic E-state index is 13.8. The number of carbonyl (C=O) groups is 1. The largest absolute Gasteiger partial charge is 0.323 e. The molecule has 0 spiro atoms. The first-order valence-corrected chi connectivity index (χ1v) is 8.87. The van der Waals surface area contributed by atoms with Crippen LogP contribution in [0.25, 0.3) is 0 Å². The summed E-state index contributed by atoms with van der Waals surface area (Å²) in [5, 5.41) is 2.43. The summed E-state index contributed by atoms with van der Waals surface area (Å²) in [7, 11) is -3.79. The standard InChI is InChI=1S/C17H19FN2O3S/c1-11(2)17(21)19-16-10-13(6-9-15(16)18)20-24(22,23)14-7-4-12(3)5-8-14/h4-11,20H,1-3H3,(H,19,21). The zero-order valence-electron chi connectivity index (χ0n) is 13.6. The summed E-state index contributed by atoms with van der Waals surface area (Å²) in [6.45, 7) is 5.21. The van der Waals surface area contributed by atoms with Crippen LogP contribution in [0.2, 0.25) is 0 Å². The number of halogens is 1. The van der Waals surface area contributed by atoms with Gasteiger partial charge in [-0.05, 0) is 37.3 Å². The second-order valence-corrected chi connectivity index (χ2v) is 7.44. The summed E-state index contributed by atoms with van der Waals surface area (Å²) in [5.74, 6) is -1.31. The fraction of sp³-hybridized carbons (Fsp3) is 0.235. The molecule has 0 atom stereocenters. The van der Waals surface area contributed by atoms with Crippen LogP contribution in [0.4, 0.5) is 15.8 Å². The van der Waals surface area contributed by atoms with Crippen LogP contribution in [0.15, 0.2) is 47.4 Å². The zero-order chi connectivity index (χ0) is 17.9. The molecule has 0 bridgehead atoms. The lowest BCUT2D eigenvalue weighted by Crippen LogP contribution is -2.19. The van der Waals surface area contributed by atoms with Crippen LogP contribution >= 0.6 is 0 Å². The normalized spacial score (nSPS) is 11.4. The molecule has 0 unspecified atom stereocenters. The highest BCUT2D eigenvalue weighted by atomic mass is 32.2. The highest BCUT2D eigenvalue weighted by Gasteiger charge is 2.16. The summed E-state index contributed by atoms with van der Waals surface area (Å²) in [6, 6.07) is 10.0. The van der Waals surface area contributed by atoms with Gasteiger partial charge in [0.05, 0.1) is 16.3 Å². The van der Waals surface area contributed by atoms with Crippen molar-refractivity contribution in [1.82, 2.24) is 0 Å². The minimum atomic E-state index is -3.79. The Labute approximate surface area is 141 Å². The fourth-order valence-electron chi connectivity index (χ4n) is 1.89. The Morgan fingerprint density at radius 1 is 1.08 bits per heavy atom. The number of nitrogens with one attached hydrogen (secondary N) is 2. The second-order valence-electron chi connectivity index (χ2n) is 5.76. The Kier molecular flexibility index (Phi) is 5.23. The molecular weight excluding hydrogens is 331 g/mol. The molecule has 24 heavy (non-hydrogen) atoms. The summed E-state index contributed by atoms with van der Waals surface area (Å²) in [6.07, 6.45) is 0. The molecule has 0 saturated heterocycles. The van der Waals surface area contributed by atoms with E-state index in [1.165, 1.54) is 24.3 Å². The van der Waals surface area contributed by atoms with Crippen molar-refractivity contribution in [3.63, 3.8) is 0 Å². The monoisotopic (exact) mass is 350 g/mol. The minimum absolute atomic E-state index is 0.0715. The Morgan fingerprint density at radius 2 is 1.71 bits per heavy atom. The van der Waals surface area contributed by atoms with Gasteiger partial charge in [0.1, 0.15) is 5.82 Å². The lowest BCUT2D eigenvalue weighted by Gasteiger charge is -2.12. The Balaban J connectivity index is 2.26. The molecule has 2 aromatic rings. The summed E-state index contributed by atoms with van der Waals surface area (Å²) in [5.41, 5.74) is 1.03. The van der Waals surface area contributed by atoms with Gasteiger partial charge in [-0.15, -0.1) is 0 Å². The first-order chi connectivity index (χ1) is 11.2. The van der Waals surface area contributed by atoms with Crippen molar-refractivity contribution in [3.05, 3.63) is 53.8 Å². The van der Waals surface area contributed by atoms with E-state index in [-0.39, 0.29) is 28.1 Å². The molecule has 5 nitrogen and oxygen atoms in total. The first-order valence-electron chi connectivity index (χ1n) is 7.39. The maximum Gasteiger partial charge on any atom is 0.261 e. The van der Waals surface area contributed by atoms with E-state index in [4.69, 9.17) is 0 Å². The number of hydrogen-bond donors (Lipinski definition) is 2. The highest BCUT2D eigenvalue weighted by Crippen LogP contribution is 2.23. The van der Waals surface area contributed by atoms with E-state index in [0.29, 0.717) is 0 Å². The van der Waals surface area contributed by atoms with Crippen LogP contribution in [0.5, 0.6) is 0 Å². The number of aryl methyl sites for hydroxylation is 1. The lowest BCUT2D eigenvalue weighted by molar-refractivity contribution is -0.118. The third kappa shape index (κ3) is 4.32. The third-order valence-electron chi connectivity index (χ3n) is 3.33. The molecule has 0 saturated carbocycles. The van der Waals surface area contributed by atoms with E-state index in [2.05, 4.69) is 10.0 Å². The molecule has 0 aliphatic heterocycles. The number of hydrogen-bond acceptors (Lipinski definition) is 3. The molecule has 0 aliphatic carbocycles. The quantitative estimate of drug-likeness (QED) is 0.866. The minimum Gasteiger partial charge on any atom is -0.323 e. The van der Waals surface area contributed by atoms with Gasteiger partial charge >= 0.3 is 0 Å². The average Bonchev–Trinajstić information content (AvgIpc) is 2.50. The van der Waals surface area contributed by atoms with Crippen molar-refractivity contribution < 1.29 is 17.6 Å². The third-order valence-corrected chi connectivity index (χ3v) is 4.73. The zero-order valence-corrected chi connectivity index (χ0v) is 14.4. The molecule has 128 valence electrons. The maximum absolute atomic E-state index is 13.8. The fourth-order valence-corrected chi connectivity index (χ4v) is 2.94. The van der Waals surface area contributed by atoms with Gasteiger partial charge < -0.3 is 5.32 Å². The van der Waals surface area contributed by atoms with Crippen LogP contribution in [0.3, 0.4) is 0 Å². The SMILES string of the molecule is Cc1ccc(S(=O)(=O)Nc2ccc(F)c(NC(=O)C(C)C)c2)cc1. The van der Waals surface area contributed by atoms with Gasteiger partial charge in [0.2, 0.25) is 5.91 Å². The van der Waals surface area contributed by atoms with Gasteiger partial charge in [0.25, 0.3) is 10.0 Å². The smallest absolute Gasteiger partial charge is 0.261 e. The van der Waals surface area contributed by atoms with Crippen LogP contribution in [0.1, 0.15) is 19.4 Å². The molecule has 0 fully saturated rings. The van der Waals surface area contributed by atoms with Gasteiger partial charge in [0.15, 0.2) is 0 Å². The van der Waals surface area contributed by atoms with Crippen LogP contribution in [-0.4, -0.2) is 14.3 Å². The summed E-state index contributed by atoms with van der Waals surface area (Å²) >= 11 is 0. The predicted octanol–water partition coefficient (Wildman–Crippen LogP) is 3.53. The number of anilines is 2. The van der Waals surface area contributed by atoms with Crippen molar-refractivity contribution in [2.75, 3.05) is 10.0 Å². The molecule has 1 amide bonds. The Bertz CT molecular complexity index is 847. The summed E-state index contributed by atoms with van der Waals surface area (Å²) < 4.78 is 40.9. The van der Waals surface area contributed by atoms with E-state index >= 15 is 0 Å². The van der Waals surface area contributed by atoms with E-state index in [0.717, 1.165) is 11.6 Å². The number of carbonyl (C=O) groups excluding carboxylic acids is 1. The first kappa shape index (κ1) is 17.9. The van der Waals surface area contributed by atoms with Gasteiger partial charge in [0, 0.05) is 5.92 Å². The van der Waals surface area contributed by atoms with Crippen molar-refractivity contribution in [1.29, 1.82) is 0 Å². The summed E-state index contributed by atoms with van der Waals surface area (Å²) in [4.78, 5) is 11.8. The van der Waals surface area contributed by atoms with Crippen LogP contribution in [0, 0.1) is 18.7 Å². The molecule has 0 aliphatic rings. The Hall–Kier alpha value is -2.41. The van der Waals surface area contributed by atoms with Gasteiger partial charge in [-0.25, -0.2) is 12.8 Å². The number of rotatable bonds is 5. The predicted molar refractivity (Wildman–Crippen MR) is 91.9 cm³/mol. The van der Waals surface area contributed by atoms with Gasteiger partial charge in [-0.1, -0.05) is 31.5 Å². The van der Waals surface area contributed by atoms with Crippen molar-refractivity contribution in [3.8, 4) is 0 Å². The highest BCUT2D eigenvalue weighted by molar-refractivity contribution is 7.92. The molecule has 2 aromatic carbocycles. The Morgan fingerprint density at radius 3 is 2.29 bits per heavy atom. The van der Waals surface area contributed by atoms with Crippen molar-refractivity contribution in [2.24, 2.45) is 5.92 Å². The van der Waals surface area contributed by atoms with Crippen molar-refractivity contribution in [2.45, 2.75) is 25.7 Å². The molecule has 2 rings (SSSR count). The molecule has 0 aromatic heterocycles. The molecule has 7 heteroatoms. The van der Waals surface area contributed by atoms with Gasteiger partial charge in [-0.2, -0.15) is 0 Å². The second kappa shape index (κ2) is 7.00. The number of amides is 1.